The normalized spacial score (nSPS) is 11.5. The van der Waals surface area contributed by atoms with Crippen molar-refractivity contribution in [2.75, 3.05) is 25.6 Å². The van der Waals surface area contributed by atoms with Crippen LogP contribution in [0.15, 0.2) is 42.6 Å². The van der Waals surface area contributed by atoms with Gasteiger partial charge in [-0.05, 0) is 49.7 Å². The number of hydrogen-bond acceptors (Lipinski definition) is 5. The molecule has 134 valence electrons. The van der Waals surface area contributed by atoms with Crippen LogP contribution >= 0.6 is 0 Å². The van der Waals surface area contributed by atoms with Gasteiger partial charge in [0.15, 0.2) is 0 Å². The number of hydrogen-bond donors (Lipinski definition) is 2. The van der Waals surface area contributed by atoms with Gasteiger partial charge in [-0.25, -0.2) is 0 Å². The number of methoxy groups -OCH3 is 1. The summed E-state index contributed by atoms with van der Waals surface area (Å²) in [6, 6.07) is 11.1. The molecule has 0 saturated heterocycles. The summed E-state index contributed by atoms with van der Waals surface area (Å²) in [5.74, 6) is 1.42. The van der Waals surface area contributed by atoms with Crippen LogP contribution in [0, 0.1) is 0 Å². The van der Waals surface area contributed by atoms with Gasteiger partial charge in [0, 0.05) is 24.5 Å². The lowest BCUT2D eigenvalue weighted by Gasteiger charge is -2.12. The van der Waals surface area contributed by atoms with Crippen LogP contribution in [0.2, 0.25) is 0 Å². The minimum atomic E-state index is -0.160. The molecule has 1 atom stereocenters. The predicted octanol–water partition coefficient (Wildman–Crippen LogP) is 3.11. The third kappa shape index (κ3) is 5.99. The molecule has 0 radical (unpaired) electrons. The minimum Gasteiger partial charge on any atom is -0.497 e. The Morgan fingerprint density at radius 2 is 1.92 bits per heavy atom. The van der Waals surface area contributed by atoms with Crippen molar-refractivity contribution in [3.8, 4) is 11.5 Å². The highest BCUT2D eigenvalue weighted by Crippen LogP contribution is 2.17. The second-order valence-corrected chi connectivity index (χ2v) is 5.66. The molecule has 1 unspecified atom stereocenters. The SMILES string of the molecule is CCC(C)NC(=O)c1cc(NCCOc2ccc(OC)cc2)ccn1. The molecule has 6 heteroatoms. The zero-order chi connectivity index (χ0) is 18.1. The Bertz CT molecular complexity index is 674. The van der Waals surface area contributed by atoms with Crippen molar-refractivity contribution in [1.82, 2.24) is 10.3 Å². The number of amides is 1. The maximum Gasteiger partial charge on any atom is 0.270 e. The van der Waals surface area contributed by atoms with E-state index in [1.165, 1.54) is 0 Å². The van der Waals surface area contributed by atoms with E-state index in [4.69, 9.17) is 9.47 Å². The lowest BCUT2D eigenvalue weighted by molar-refractivity contribution is 0.0934. The van der Waals surface area contributed by atoms with Gasteiger partial charge in [0.2, 0.25) is 0 Å². The van der Waals surface area contributed by atoms with Gasteiger partial charge in [0.05, 0.1) is 7.11 Å². The van der Waals surface area contributed by atoms with Gasteiger partial charge >= 0.3 is 0 Å². The molecule has 0 spiro atoms. The molecule has 1 heterocycles. The van der Waals surface area contributed by atoms with Crippen molar-refractivity contribution in [2.45, 2.75) is 26.3 Å². The molecule has 0 aliphatic heterocycles. The van der Waals surface area contributed by atoms with Crippen LogP contribution in [0.1, 0.15) is 30.8 Å². The number of aromatic nitrogens is 1. The second-order valence-electron chi connectivity index (χ2n) is 5.66. The zero-order valence-corrected chi connectivity index (χ0v) is 14.9. The molecule has 0 fully saturated rings. The van der Waals surface area contributed by atoms with E-state index >= 15 is 0 Å². The average molecular weight is 343 g/mol. The number of rotatable bonds is 9. The van der Waals surface area contributed by atoms with E-state index in [0.29, 0.717) is 18.8 Å². The topological polar surface area (TPSA) is 72.5 Å². The van der Waals surface area contributed by atoms with E-state index in [1.54, 1.807) is 19.4 Å². The van der Waals surface area contributed by atoms with Gasteiger partial charge in [-0.3, -0.25) is 9.78 Å². The first kappa shape index (κ1) is 18.6. The summed E-state index contributed by atoms with van der Waals surface area (Å²) < 4.78 is 10.8. The van der Waals surface area contributed by atoms with Crippen LogP contribution < -0.4 is 20.1 Å². The molecule has 1 amide bonds. The Hall–Kier alpha value is -2.76. The fraction of sp³-hybridized carbons (Fsp3) is 0.368. The summed E-state index contributed by atoms with van der Waals surface area (Å²) in [5.41, 5.74) is 1.24. The molecule has 0 aliphatic carbocycles. The predicted molar refractivity (Wildman–Crippen MR) is 98.4 cm³/mol. The van der Waals surface area contributed by atoms with Crippen molar-refractivity contribution < 1.29 is 14.3 Å². The van der Waals surface area contributed by atoms with E-state index in [-0.39, 0.29) is 11.9 Å². The molecule has 0 saturated carbocycles. The van der Waals surface area contributed by atoms with Gasteiger partial charge in [-0.2, -0.15) is 0 Å². The van der Waals surface area contributed by atoms with Crippen LogP contribution in [0.4, 0.5) is 5.69 Å². The molecule has 1 aromatic heterocycles. The number of carbonyl (C=O) groups excluding carboxylic acids is 1. The Morgan fingerprint density at radius 3 is 2.60 bits per heavy atom. The standard InChI is InChI=1S/C19H25N3O3/c1-4-14(2)22-19(23)18-13-15(9-10-21-18)20-11-12-25-17-7-5-16(24-3)6-8-17/h5-10,13-14H,4,11-12H2,1-3H3,(H,20,21)(H,22,23). The van der Waals surface area contributed by atoms with Crippen molar-refractivity contribution in [1.29, 1.82) is 0 Å². The van der Waals surface area contributed by atoms with E-state index in [1.807, 2.05) is 44.2 Å². The number of ether oxygens (including phenoxy) is 2. The van der Waals surface area contributed by atoms with Crippen molar-refractivity contribution in [3.63, 3.8) is 0 Å². The van der Waals surface area contributed by atoms with Crippen LogP contribution in [0.5, 0.6) is 11.5 Å². The van der Waals surface area contributed by atoms with Gasteiger partial charge in [0.1, 0.15) is 23.8 Å². The van der Waals surface area contributed by atoms with Gasteiger partial charge in [-0.15, -0.1) is 0 Å². The van der Waals surface area contributed by atoms with E-state index in [9.17, 15) is 4.79 Å². The molecule has 1 aromatic carbocycles. The molecule has 25 heavy (non-hydrogen) atoms. The Morgan fingerprint density at radius 1 is 1.20 bits per heavy atom. The average Bonchev–Trinajstić information content (AvgIpc) is 2.65. The molecule has 0 bridgehead atoms. The molecular weight excluding hydrogens is 318 g/mol. The lowest BCUT2D eigenvalue weighted by atomic mass is 10.2. The molecular formula is C19H25N3O3. The summed E-state index contributed by atoms with van der Waals surface area (Å²) in [5, 5.41) is 6.14. The first-order valence-electron chi connectivity index (χ1n) is 8.40. The number of nitrogens with one attached hydrogen (secondary N) is 2. The highest BCUT2D eigenvalue weighted by molar-refractivity contribution is 5.93. The Balaban J connectivity index is 1.80. The highest BCUT2D eigenvalue weighted by Gasteiger charge is 2.10. The first-order chi connectivity index (χ1) is 12.1. The van der Waals surface area contributed by atoms with Crippen LogP contribution in [-0.2, 0) is 0 Å². The quantitative estimate of drug-likeness (QED) is 0.685. The zero-order valence-electron chi connectivity index (χ0n) is 14.9. The van der Waals surface area contributed by atoms with Gasteiger partial charge in [0.25, 0.3) is 5.91 Å². The number of benzene rings is 1. The van der Waals surface area contributed by atoms with E-state index < -0.39 is 0 Å². The fourth-order valence-corrected chi connectivity index (χ4v) is 2.10. The summed E-state index contributed by atoms with van der Waals surface area (Å²) in [7, 11) is 1.63. The lowest BCUT2D eigenvalue weighted by Crippen LogP contribution is -2.32. The number of pyridine rings is 1. The molecule has 2 aromatic rings. The molecule has 2 N–H and O–H groups in total. The summed E-state index contributed by atoms with van der Waals surface area (Å²) >= 11 is 0. The van der Waals surface area contributed by atoms with Crippen molar-refractivity contribution in [2.24, 2.45) is 0 Å². The maximum atomic E-state index is 12.1. The van der Waals surface area contributed by atoms with Crippen LogP contribution in [0.25, 0.3) is 0 Å². The van der Waals surface area contributed by atoms with Crippen molar-refractivity contribution in [3.05, 3.63) is 48.3 Å². The fourth-order valence-electron chi connectivity index (χ4n) is 2.10. The van der Waals surface area contributed by atoms with Crippen LogP contribution in [0.3, 0.4) is 0 Å². The molecule has 0 aliphatic rings. The summed E-state index contributed by atoms with van der Waals surface area (Å²) in [4.78, 5) is 16.2. The number of nitrogens with zero attached hydrogens (tertiary/aromatic N) is 1. The highest BCUT2D eigenvalue weighted by atomic mass is 16.5. The molecule has 6 nitrogen and oxygen atoms in total. The number of carbonyl (C=O) groups is 1. The third-order valence-electron chi connectivity index (χ3n) is 3.74. The van der Waals surface area contributed by atoms with Crippen LogP contribution in [-0.4, -0.2) is 37.2 Å². The second kappa shape index (κ2) is 9.52. The smallest absolute Gasteiger partial charge is 0.270 e. The largest absolute Gasteiger partial charge is 0.497 e. The molecule has 2 rings (SSSR count). The van der Waals surface area contributed by atoms with Gasteiger partial charge < -0.3 is 20.1 Å². The third-order valence-corrected chi connectivity index (χ3v) is 3.74. The summed E-state index contributed by atoms with van der Waals surface area (Å²) in [6.07, 6.45) is 2.50. The Labute approximate surface area is 148 Å². The van der Waals surface area contributed by atoms with E-state index in [2.05, 4.69) is 15.6 Å². The first-order valence-corrected chi connectivity index (χ1v) is 8.40. The van der Waals surface area contributed by atoms with Gasteiger partial charge in [-0.1, -0.05) is 6.92 Å². The minimum absolute atomic E-state index is 0.129. The van der Waals surface area contributed by atoms with Crippen molar-refractivity contribution >= 4 is 11.6 Å². The summed E-state index contributed by atoms with van der Waals surface area (Å²) in [6.45, 7) is 5.11. The monoisotopic (exact) mass is 343 g/mol. The number of anilines is 1. The maximum absolute atomic E-state index is 12.1. The Kier molecular flexibility index (Phi) is 7.07. The van der Waals surface area contributed by atoms with E-state index in [0.717, 1.165) is 23.6 Å².